The Labute approximate surface area is 104 Å². The smallest absolute Gasteiger partial charge is 0.0702 e. The largest absolute Gasteiger partial charge is 0.377 e. The molecule has 0 amide bonds. The molecule has 1 aromatic rings. The Morgan fingerprint density at radius 3 is 2.82 bits per heavy atom. The third-order valence-corrected chi connectivity index (χ3v) is 3.28. The lowest BCUT2D eigenvalue weighted by Gasteiger charge is -2.24. The Morgan fingerprint density at radius 1 is 1.41 bits per heavy atom. The molecule has 2 rings (SSSR count). The molecule has 0 radical (unpaired) electrons. The van der Waals surface area contributed by atoms with Gasteiger partial charge >= 0.3 is 0 Å². The summed E-state index contributed by atoms with van der Waals surface area (Å²) in [6.07, 6.45) is 2.79. The zero-order valence-corrected chi connectivity index (χ0v) is 10.5. The summed E-state index contributed by atoms with van der Waals surface area (Å²) in [6, 6.07) is 10.4. The zero-order chi connectivity index (χ0) is 12.1. The van der Waals surface area contributed by atoms with Crippen molar-refractivity contribution in [1.29, 1.82) is 0 Å². The second-order valence-electron chi connectivity index (χ2n) is 4.87. The van der Waals surface area contributed by atoms with Crippen LogP contribution in [0, 0.1) is 0 Å². The maximum Gasteiger partial charge on any atom is 0.0702 e. The first-order valence-corrected chi connectivity index (χ1v) is 6.36. The minimum Gasteiger partial charge on any atom is -0.377 e. The highest BCUT2D eigenvalue weighted by molar-refractivity contribution is 5.18. The molecule has 1 fully saturated rings. The van der Waals surface area contributed by atoms with Gasteiger partial charge in [0, 0.05) is 25.7 Å². The number of hydrogen-bond acceptors (Lipinski definition) is 3. The van der Waals surface area contributed by atoms with Crippen LogP contribution in [-0.4, -0.2) is 37.7 Å². The summed E-state index contributed by atoms with van der Waals surface area (Å²) in [5.74, 6) is 0. The molecule has 1 aliphatic rings. The number of ether oxygens (including phenoxy) is 1. The second kappa shape index (κ2) is 6.15. The van der Waals surface area contributed by atoms with Gasteiger partial charge in [0.1, 0.15) is 0 Å². The highest BCUT2D eigenvalue weighted by Gasteiger charge is 2.18. The van der Waals surface area contributed by atoms with Gasteiger partial charge in [-0.1, -0.05) is 30.3 Å². The monoisotopic (exact) mass is 234 g/mol. The summed E-state index contributed by atoms with van der Waals surface area (Å²) in [5.41, 5.74) is 7.39. The molecule has 0 spiro atoms. The van der Waals surface area contributed by atoms with Gasteiger partial charge in [0.2, 0.25) is 0 Å². The zero-order valence-electron chi connectivity index (χ0n) is 10.5. The quantitative estimate of drug-likeness (QED) is 0.844. The van der Waals surface area contributed by atoms with Crippen LogP contribution < -0.4 is 5.73 Å². The molecular weight excluding hydrogens is 212 g/mol. The molecule has 2 atom stereocenters. The van der Waals surface area contributed by atoms with Gasteiger partial charge in [-0.25, -0.2) is 0 Å². The number of nitrogens with zero attached hydrogens (tertiary/aromatic N) is 1. The lowest BCUT2D eigenvalue weighted by atomic mass is 10.1. The lowest BCUT2D eigenvalue weighted by Crippen LogP contribution is -2.34. The van der Waals surface area contributed by atoms with Crippen LogP contribution in [0.25, 0.3) is 0 Å². The van der Waals surface area contributed by atoms with Gasteiger partial charge in [0.15, 0.2) is 0 Å². The van der Waals surface area contributed by atoms with Gasteiger partial charge in [0.25, 0.3) is 0 Å². The van der Waals surface area contributed by atoms with E-state index in [1.807, 2.05) is 18.2 Å². The molecule has 0 aliphatic carbocycles. The van der Waals surface area contributed by atoms with E-state index in [0.29, 0.717) is 6.10 Å². The third kappa shape index (κ3) is 3.80. The number of rotatable bonds is 5. The van der Waals surface area contributed by atoms with Crippen molar-refractivity contribution < 1.29 is 4.74 Å². The van der Waals surface area contributed by atoms with Crippen molar-refractivity contribution in [2.24, 2.45) is 5.73 Å². The fraction of sp³-hybridized carbons (Fsp3) is 0.571. The minimum atomic E-state index is 0.0857. The van der Waals surface area contributed by atoms with Crippen LogP contribution in [0.1, 0.15) is 24.4 Å². The van der Waals surface area contributed by atoms with E-state index in [0.717, 1.165) is 19.7 Å². The molecule has 94 valence electrons. The molecule has 1 saturated heterocycles. The molecule has 0 aromatic heterocycles. The molecule has 0 saturated carbocycles. The van der Waals surface area contributed by atoms with Crippen molar-refractivity contribution in [3.8, 4) is 0 Å². The highest BCUT2D eigenvalue weighted by atomic mass is 16.5. The SMILES string of the molecule is CN(CC1CCCO1)CC(N)c1ccccc1. The van der Waals surface area contributed by atoms with Crippen molar-refractivity contribution in [3.05, 3.63) is 35.9 Å². The van der Waals surface area contributed by atoms with E-state index in [1.165, 1.54) is 18.4 Å². The van der Waals surface area contributed by atoms with E-state index in [9.17, 15) is 0 Å². The van der Waals surface area contributed by atoms with Gasteiger partial charge in [-0.3, -0.25) is 0 Å². The number of hydrogen-bond donors (Lipinski definition) is 1. The van der Waals surface area contributed by atoms with Gasteiger partial charge in [-0.2, -0.15) is 0 Å². The summed E-state index contributed by atoms with van der Waals surface area (Å²) in [7, 11) is 2.12. The molecule has 1 aromatic carbocycles. The first kappa shape index (κ1) is 12.6. The van der Waals surface area contributed by atoms with Crippen LogP contribution in [0.15, 0.2) is 30.3 Å². The molecule has 1 aliphatic heterocycles. The fourth-order valence-electron chi connectivity index (χ4n) is 2.35. The molecule has 3 nitrogen and oxygen atoms in total. The Bertz CT molecular complexity index is 322. The molecule has 0 bridgehead atoms. The average molecular weight is 234 g/mol. The van der Waals surface area contributed by atoms with Crippen LogP contribution in [0.3, 0.4) is 0 Å². The van der Waals surface area contributed by atoms with E-state index in [-0.39, 0.29) is 6.04 Å². The van der Waals surface area contributed by atoms with Crippen LogP contribution in [0.2, 0.25) is 0 Å². The first-order chi connectivity index (χ1) is 8.25. The van der Waals surface area contributed by atoms with Crippen molar-refractivity contribution in [3.63, 3.8) is 0 Å². The normalized spacial score (nSPS) is 21.9. The van der Waals surface area contributed by atoms with Crippen LogP contribution in [0.5, 0.6) is 0 Å². The van der Waals surface area contributed by atoms with E-state index < -0.39 is 0 Å². The van der Waals surface area contributed by atoms with Gasteiger partial charge < -0.3 is 15.4 Å². The fourth-order valence-corrected chi connectivity index (χ4v) is 2.35. The predicted molar refractivity (Wildman–Crippen MR) is 69.8 cm³/mol. The van der Waals surface area contributed by atoms with Crippen LogP contribution >= 0.6 is 0 Å². The van der Waals surface area contributed by atoms with Gasteiger partial charge in [-0.15, -0.1) is 0 Å². The number of likely N-dealkylation sites (N-methyl/N-ethyl adjacent to an activating group) is 1. The van der Waals surface area contributed by atoms with E-state index in [2.05, 4.69) is 24.1 Å². The topological polar surface area (TPSA) is 38.5 Å². The summed E-state index contributed by atoms with van der Waals surface area (Å²) < 4.78 is 5.63. The number of nitrogens with two attached hydrogens (primary N) is 1. The molecule has 2 N–H and O–H groups in total. The first-order valence-electron chi connectivity index (χ1n) is 6.36. The second-order valence-corrected chi connectivity index (χ2v) is 4.87. The maximum absolute atomic E-state index is 6.19. The summed E-state index contributed by atoms with van der Waals surface area (Å²) in [5, 5.41) is 0. The summed E-state index contributed by atoms with van der Waals surface area (Å²) in [6.45, 7) is 2.79. The Kier molecular flexibility index (Phi) is 4.54. The highest BCUT2D eigenvalue weighted by Crippen LogP contribution is 2.15. The van der Waals surface area contributed by atoms with Crippen LogP contribution in [0.4, 0.5) is 0 Å². The Morgan fingerprint density at radius 2 is 2.18 bits per heavy atom. The van der Waals surface area contributed by atoms with E-state index in [1.54, 1.807) is 0 Å². The van der Waals surface area contributed by atoms with E-state index in [4.69, 9.17) is 10.5 Å². The predicted octanol–water partition coefficient (Wildman–Crippen LogP) is 1.80. The lowest BCUT2D eigenvalue weighted by molar-refractivity contribution is 0.0796. The summed E-state index contributed by atoms with van der Waals surface area (Å²) >= 11 is 0. The van der Waals surface area contributed by atoms with Crippen LogP contribution in [-0.2, 0) is 4.74 Å². The summed E-state index contributed by atoms with van der Waals surface area (Å²) in [4.78, 5) is 2.27. The Hall–Kier alpha value is -0.900. The molecule has 17 heavy (non-hydrogen) atoms. The van der Waals surface area contributed by atoms with Gasteiger partial charge in [-0.05, 0) is 25.5 Å². The van der Waals surface area contributed by atoms with Crippen molar-refractivity contribution >= 4 is 0 Å². The molecule has 3 heteroatoms. The van der Waals surface area contributed by atoms with Crippen molar-refractivity contribution in [1.82, 2.24) is 4.90 Å². The van der Waals surface area contributed by atoms with Crippen molar-refractivity contribution in [2.45, 2.75) is 25.0 Å². The molecular formula is C14H22N2O. The average Bonchev–Trinajstić information content (AvgIpc) is 2.82. The van der Waals surface area contributed by atoms with E-state index >= 15 is 0 Å². The third-order valence-electron chi connectivity index (χ3n) is 3.28. The Balaban J connectivity index is 1.79. The standard InChI is InChI=1S/C14H22N2O/c1-16(10-13-8-5-9-17-13)11-14(15)12-6-3-2-4-7-12/h2-4,6-7,13-14H,5,8-11,15H2,1H3. The maximum atomic E-state index is 6.19. The number of benzene rings is 1. The van der Waals surface area contributed by atoms with Crippen molar-refractivity contribution in [2.75, 3.05) is 26.7 Å². The molecule has 2 unspecified atom stereocenters. The van der Waals surface area contributed by atoms with Gasteiger partial charge in [0.05, 0.1) is 6.10 Å². The minimum absolute atomic E-state index is 0.0857. The molecule has 1 heterocycles.